The lowest BCUT2D eigenvalue weighted by molar-refractivity contribution is -0.137. The van der Waals surface area contributed by atoms with Crippen LogP contribution in [0.3, 0.4) is 0 Å². The first-order valence-electron chi connectivity index (χ1n) is 6.49. The third-order valence-electron chi connectivity index (χ3n) is 3.43. The summed E-state index contributed by atoms with van der Waals surface area (Å²) >= 11 is 0. The van der Waals surface area contributed by atoms with Crippen molar-refractivity contribution in [1.29, 1.82) is 0 Å². The minimum Gasteiger partial charge on any atom is -0.395 e. The molecule has 18 heavy (non-hydrogen) atoms. The molecule has 0 aromatic rings. The van der Waals surface area contributed by atoms with Gasteiger partial charge in [-0.25, -0.2) is 8.78 Å². The second-order valence-corrected chi connectivity index (χ2v) is 4.70. The number of alkyl halides is 2. The van der Waals surface area contributed by atoms with Crippen LogP contribution in [0, 0.1) is 5.92 Å². The molecule has 0 aromatic heterocycles. The Bertz CT molecular complexity index is 264. The Balaban J connectivity index is 2.57. The Morgan fingerprint density at radius 1 is 1.56 bits per heavy atom. The fourth-order valence-electron chi connectivity index (χ4n) is 2.35. The van der Waals surface area contributed by atoms with Gasteiger partial charge in [-0.2, -0.15) is 0 Å². The van der Waals surface area contributed by atoms with E-state index in [2.05, 4.69) is 12.2 Å². The van der Waals surface area contributed by atoms with Gasteiger partial charge in [0.2, 0.25) is 5.91 Å². The minimum absolute atomic E-state index is 0.0296. The van der Waals surface area contributed by atoms with Crippen LogP contribution in [0.4, 0.5) is 8.78 Å². The van der Waals surface area contributed by atoms with E-state index < -0.39 is 13.0 Å². The van der Waals surface area contributed by atoms with Crippen molar-refractivity contribution in [2.75, 3.05) is 26.2 Å². The Hall–Kier alpha value is -0.750. The van der Waals surface area contributed by atoms with Crippen molar-refractivity contribution in [3.63, 3.8) is 0 Å². The number of halogens is 2. The van der Waals surface area contributed by atoms with Crippen LogP contribution in [-0.4, -0.2) is 54.6 Å². The monoisotopic (exact) mass is 264 g/mol. The number of carbonyl (C=O) groups excluding carboxylic acids is 1. The molecule has 1 fully saturated rings. The molecule has 1 rings (SSSR count). The van der Waals surface area contributed by atoms with Crippen molar-refractivity contribution in [3.8, 4) is 0 Å². The normalized spacial score (nSPS) is 24.3. The lowest BCUT2D eigenvalue weighted by Crippen LogP contribution is -2.51. The zero-order chi connectivity index (χ0) is 13.5. The molecule has 106 valence electrons. The molecule has 4 nitrogen and oxygen atoms in total. The van der Waals surface area contributed by atoms with Crippen LogP contribution in [-0.2, 0) is 4.79 Å². The van der Waals surface area contributed by atoms with Gasteiger partial charge >= 0.3 is 0 Å². The van der Waals surface area contributed by atoms with Gasteiger partial charge in [-0.1, -0.05) is 13.3 Å². The van der Waals surface area contributed by atoms with Crippen molar-refractivity contribution >= 4 is 5.91 Å². The smallest absolute Gasteiger partial charge is 0.255 e. The van der Waals surface area contributed by atoms with Crippen LogP contribution in [0.25, 0.3) is 0 Å². The third kappa shape index (κ3) is 4.49. The molecular formula is C12H22F2N2O2. The molecule has 1 saturated heterocycles. The molecule has 0 aliphatic carbocycles. The number of piperidine rings is 1. The molecule has 0 spiro atoms. The van der Waals surface area contributed by atoms with Gasteiger partial charge in [-0.05, 0) is 25.3 Å². The maximum Gasteiger partial charge on any atom is 0.255 e. The molecule has 1 aliphatic rings. The highest BCUT2D eigenvalue weighted by atomic mass is 19.3. The van der Waals surface area contributed by atoms with Crippen LogP contribution in [0.1, 0.15) is 26.2 Å². The van der Waals surface area contributed by atoms with Crippen LogP contribution in [0.2, 0.25) is 0 Å². The average Bonchev–Trinajstić information content (AvgIpc) is 2.37. The molecule has 6 heteroatoms. The fourth-order valence-corrected chi connectivity index (χ4v) is 2.35. The van der Waals surface area contributed by atoms with Crippen LogP contribution in [0.15, 0.2) is 0 Å². The van der Waals surface area contributed by atoms with E-state index in [1.807, 2.05) is 0 Å². The lowest BCUT2D eigenvalue weighted by atomic mass is 9.90. The van der Waals surface area contributed by atoms with Crippen molar-refractivity contribution < 1.29 is 18.7 Å². The molecule has 1 heterocycles. The van der Waals surface area contributed by atoms with Crippen molar-refractivity contribution in [1.82, 2.24) is 10.2 Å². The molecule has 2 atom stereocenters. The first-order chi connectivity index (χ1) is 8.58. The number of hydrogen-bond acceptors (Lipinski definition) is 3. The van der Waals surface area contributed by atoms with E-state index in [1.165, 1.54) is 0 Å². The summed E-state index contributed by atoms with van der Waals surface area (Å²) in [5.41, 5.74) is 0. The molecular weight excluding hydrogens is 242 g/mol. The van der Waals surface area contributed by atoms with Crippen LogP contribution in [0.5, 0.6) is 0 Å². The number of rotatable bonds is 6. The molecule has 1 amide bonds. The molecule has 2 unspecified atom stereocenters. The molecule has 0 bridgehead atoms. The second kappa shape index (κ2) is 7.63. The van der Waals surface area contributed by atoms with E-state index in [0.29, 0.717) is 12.3 Å². The van der Waals surface area contributed by atoms with Crippen molar-refractivity contribution in [3.05, 3.63) is 0 Å². The molecule has 0 aromatic carbocycles. The largest absolute Gasteiger partial charge is 0.395 e. The zero-order valence-electron chi connectivity index (χ0n) is 10.7. The number of nitrogens with one attached hydrogen (secondary N) is 1. The first-order valence-corrected chi connectivity index (χ1v) is 6.49. The summed E-state index contributed by atoms with van der Waals surface area (Å²) in [5, 5.41) is 11.9. The van der Waals surface area contributed by atoms with Gasteiger partial charge in [0, 0.05) is 6.54 Å². The van der Waals surface area contributed by atoms with Gasteiger partial charge in [0.15, 0.2) is 0 Å². The zero-order valence-corrected chi connectivity index (χ0v) is 10.7. The molecule has 2 N–H and O–H groups in total. The number of aliphatic hydroxyl groups is 1. The highest BCUT2D eigenvalue weighted by molar-refractivity contribution is 5.82. The Morgan fingerprint density at radius 3 is 2.83 bits per heavy atom. The summed E-state index contributed by atoms with van der Waals surface area (Å²) in [6.07, 6.45) is 0.154. The summed E-state index contributed by atoms with van der Waals surface area (Å²) in [7, 11) is 0. The SMILES string of the molecule is CCC1CCNC(C(=O)N(CCO)CC(F)F)C1. The number of aliphatic hydroxyl groups excluding tert-OH is 1. The minimum atomic E-state index is -2.56. The fraction of sp³-hybridized carbons (Fsp3) is 0.917. The van der Waals surface area contributed by atoms with Gasteiger partial charge in [-0.3, -0.25) is 4.79 Å². The molecule has 0 saturated carbocycles. The number of hydrogen-bond donors (Lipinski definition) is 2. The Morgan fingerprint density at radius 2 is 2.28 bits per heavy atom. The Labute approximate surface area is 106 Å². The quantitative estimate of drug-likeness (QED) is 0.748. The number of nitrogens with zero attached hydrogens (tertiary/aromatic N) is 1. The van der Waals surface area contributed by atoms with E-state index in [4.69, 9.17) is 5.11 Å². The van der Waals surface area contributed by atoms with Crippen LogP contribution < -0.4 is 5.32 Å². The van der Waals surface area contributed by atoms with E-state index in [0.717, 1.165) is 24.3 Å². The summed E-state index contributed by atoms with van der Waals surface area (Å²) in [6.45, 7) is 1.90. The third-order valence-corrected chi connectivity index (χ3v) is 3.43. The van der Waals surface area contributed by atoms with E-state index >= 15 is 0 Å². The summed E-state index contributed by atoms with van der Waals surface area (Å²) < 4.78 is 24.8. The summed E-state index contributed by atoms with van der Waals surface area (Å²) in [5.74, 6) is 0.158. The second-order valence-electron chi connectivity index (χ2n) is 4.70. The van der Waals surface area contributed by atoms with Crippen molar-refractivity contribution in [2.45, 2.75) is 38.7 Å². The van der Waals surface area contributed by atoms with E-state index in [1.54, 1.807) is 0 Å². The lowest BCUT2D eigenvalue weighted by Gasteiger charge is -2.33. The van der Waals surface area contributed by atoms with Gasteiger partial charge in [0.05, 0.1) is 19.2 Å². The summed E-state index contributed by atoms with van der Waals surface area (Å²) in [4.78, 5) is 13.2. The van der Waals surface area contributed by atoms with E-state index in [9.17, 15) is 13.6 Å². The highest BCUT2D eigenvalue weighted by Gasteiger charge is 2.30. The Kier molecular flexibility index (Phi) is 6.49. The topological polar surface area (TPSA) is 52.6 Å². The average molecular weight is 264 g/mol. The van der Waals surface area contributed by atoms with Gasteiger partial charge < -0.3 is 15.3 Å². The number of carbonyl (C=O) groups is 1. The highest BCUT2D eigenvalue weighted by Crippen LogP contribution is 2.20. The van der Waals surface area contributed by atoms with Gasteiger partial charge in [-0.15, -0.1) is 0 Å². The maximum atomic E-state index is 12.4. The predicted octanol–water partition coefficient (Wildman–Crippen LogP) is 0.851. The summed E-state index contributed by atoms with van der Waals surface area (Å²) in [6, 6.07) is -0.381. The van der Waals surface area contributed by atoms with Gasteiger partial charge in [0.25, 0.3) is 6.43 Å². The number of amides is 1. The maximum absolute atomic E-state index is 12.4. The first kappa shape index (κ1) is 15.3. The molecule has 0 radical (unpaired) electrons. The molecule has 1 aliphatic heterocycles. The standard InChI is InChI=1S/C12H22F2N2O2/c1-2-9-3-4-15-10(7-9)12(18)16(5-6-17)8-11(13)14/h9-11,15,17H,2-8H2,1H3. The predicted molar refractivity (Wildman–Crippen MR) is 64.5 cm³/mol. The van der Waals surface area contributed by atoms with E-state index in [-0.39, 0.29) is 25.1 Å². The van der Waals surface area contributed by atoms with Crippen molar-refractivity contribution in [2.24, 2.45) is 5.92 Å². The van der Waals surface area contributed by atoms with Gasteiger partial charge in [0.1, 0.15) is 0 Å². The van der Waals surface area contributed by atoms with Crippen LogP contribution >= 0.6 is 0 Å².